The molecule has 0 spiro atoms. The number of nitrogens with zero attached hydrogens (tertiary/aromatic N) is 1. The van der Waals surface area contributed by atoms with Gasteiger partial charge in [-0.2, -0.15) is 30.6 Å². The summed E-state index contributed by atoms with van der Waals surface area (Å²) in [7, 11) is -4.40. The van der Waals surface area contributed by atoms with Crippen molar-refractivity contribution in [1.82, 2.24) is 4.31 Å². The lowest BCUT2D eigenvalue weighted by molar-refractivity contribution is -0.143. The number of rotatable bonds is 6. The van der Waals surface area contributed by atoms with Gasteiger partial charge in [0.15, 0.2) is 0 Å². The second kappa shape index (κ2) is 7.20. The minimum absolute atomic E-state index is 0.144. The molecule has 0 saturated carbocycles. The number of amides is 1. The first-order valence-corrected chi connectivity index (χ1v) is 8.33. The lowest BCUT2D eigenvalue weighted by atomic mass is 10.0. The Morgan fingerprint density at radius 1 is 1.12 bits per heavy atom. The van der Waals surface area contributed by atoms with Crippen LogP contribution in [0.2, 0.25) is 0 Å². The van der Waals surface area contributed by atoms with Crippen LogP contribution in [0.1, 0.15) is 23.6 Å². The van der Waals surface area contributed by atoms with E-state index in [1.807, 2.05) is 0 Å². The zero-order chi connectivity index (χ0) is 19.6. The van der Waals surface area contributed by atoms with Gasteiger partial charge in [-0.3, -0.25) is 4.79 Å². The number of carbonyl (C=O) groups excluding carboxylic acids is 1. The van der Waals surface area contributed by atoms with Crippen molar-refractivity contribution in [2.75, 3.05) is 13.1 Å². The second-order valence-corrected chi connectivity index (χ2v) is 6.99. The molecular formula is C13H14F6N2O3S. The van der Waals surface area contributed by atoms with E-state index in [0.29, 0.717) is 16.4 Å². The fraction of sp³-hybridized carbons (Fsp3) is 0.462. The molecule has 142 valence electrons. The predicted molar refractivity (Wildman–Crippen MR) is 75.5 cm³/mol. The number of carbonyl (C=O) groups is 1. The van der Waals surface area contributed by atoms with Gasteiger partial charge in [-0.15, -0.1) is 0 Å². The summed E-state index contributed by atoms with van der Waals surface area (Å²) in [5, 5.41) is 0. The molecular weight excluding hydrogens is 378 g/mol. The number of primary amides is 1. The van der Waals surface area contributed by atoms with Crippen LogP contribution in [0, 0.1) is 0 Å². The zero-order valence-corrected chi connectivity index (χ0v) is 13.6. The van der Waals surface area contributed by atoms with E-state index < -0.39 is 57.3 Å². The Hall–Kier alpha value is -1.82. The average molecular weight is 392 g/mol. The van der Waals surface area contributed by atoms with Gasteiger partial charge in [0.25, 0.3) is 0 Å². The third-order valence-corrected chi connectivity index (χ3v) is 5.01. The van der Waals surface area contributed by atoms with Gasteiger partial charge in [-0.1, -0.05) is 13.0 Å². The van der Waals surface area contributed by atoms with E-state index in [0.717, 1.165) is 0 Å². The second-order valence-electron chi connectivity index (χ2n) is 5.02. The molecule has 0 aliphatic rings. The van der Waals surface area contributed by atoms with Crippen molar-refractivity contribution in [3.8, 4) is 0 Å². The highest BCUT2D eigenvalue weighted by Gasteiger charge is 2.39. The first-order chi connectivity index (χ1) is 11.2. The van der Waals surface area contributed by atoms with Gasteiger partial charge in [-0.05, 0) is 17.7 Å². The van der Waals surface area contributed by atoms with Crippen molar-refractivity contribution >= 4 is 15.9 Å². The first kappa shape index (κ1) is 21.2. The smallest absolute Gasteiger partial charge is 0.369 e. The highest BCUT2D eigenvalue weighted by atomic mass is 32.2. The number of benzene rings is 1. The molecule has 0 aliphatic carbocycles. The molecule has 25 heavy (non-hydrogen) atoms. The predicted octanol–water partition coefficient (Wildman–Crippen LogP) is 2.36. The maximum atomic E-state index is 13.0. The van der Waals surface area contributed by atoms with Crippen molar-refractivity contribution in [1.29, 1.82) is 0 Å². The Morgan fingerprint density at radius 3 is 2.08 bits per heavy atom. The topological polar surface area (TPSA) is 80.5 Å². The highest BCUT2D eigenvalue weighted by molar-refractivity contribution is 7.88. The van der Waals surface area contributed by atoms with E-state index in [4.69, 9.17) is 5.73 Å². The third kappa shape index (κ3) is 5.59. The number of alkyl halides is 6. The Labute approximate surface area is 139 Å². The van der Waals surface area contributed by atoms with Crippen LogP contribution in [0.3, 0.4) is 0 Å². The monoisotopic (exact) mass is 392 g/mol. The minimum Gasteiger partial charge on any atom is -0.369 e. The minimum atomic E-state index is -5.19. The first-order valence-electron chi connectivity index (χ1n) is 6.72. The van der Waals surface area contributed by atoms with Crippen molar-refractivity contribution < 1.29 is 39.6 Å². The molecule has 0 atom stereocenters. The Kier molecular flexibility index (Phi) is 6.11. The summed E-state index contributed by atoms with van der Waals surface area (Å²) in [6.07, 6.45) is -10.2. The normalized spacial score (nSPS) is 13.3. The largest absolute Gasteiger partial charge is 0.416 e. The van der Waals surface area contributed by atoms with Crippen LogP contribution in [-0.2, 0) is 32.9 Å². The molecule has 0 bridgehead atoms. The summed E-state index contributed by atoms with van der Waals surface area (Å²) in [5.41, 5.74) is 0.760. The Morgan fingerprint density at radius 2 is 1.68 bits per heavy atom. The molecule has 0 heterocycles. The fourth-order valence-electron chi connectivity index (χ4n) is 2.01. The average Bonchev–Trinajstić information content (AvgIpc) is 2.41. The molecule has 5 nitrogen and oxygen atoms in total. The maximum absolute atomic E-state index is 13.0. The number of hydrogen-bond donors (Lipinski definition) is 1. The van der Waals surface area contributed by atoms with Crippen LogP contribution >= 0.6 is 0 Å². The molecule has 0 unspecified atom stereocenters. The third-order valence-electron chi connectivity index (χ3n) is 3.16. The molecule has 0 saturated heterocycles. The van der Waals surface area contributed by atoms with E-state index in [1.54, 1.807) is 0 Å². The van der Waals surface area contributed by atoms with Crippen LogP contribution in [0.4, 0.5) is 26.3 Å². The lowest BCUT2D eigenvalue weighted by Crippen LogP contribution is -2.39. The van der Waals surface area contributed by atoms with Crippen molar-refractivity contribution in [2.45, 2.75) is 25.0 Å². The molecule has 1 aromatic rings. The van der Waals surface area contributed by atoms with E-state index in [1.165, 1.54) is 6.92 Å². The molecule has 0 fully saturated rings. The van der Waals surface area contributed by atoms with Crippen LogP contribution in [-0.4, -0.2) is 31.7 Å². The van der Waals surface area contributed by atoms with E-state index in [2.05, 4.69) is 0 Å². The molecule has 2 N–H and O–H groups in total. The lowest BCUT2D eigenvalue weighted by Gasteiger charge is -2.21. The van der Waals surface area contributed by atoms with Gasteiger partial charge in [0.1, 0.15) is 0 Å². The van der Waals surface area contributed by atoms with Crippen LogP contribution in [0.5, 0.6) is 0 Å². The standard InChI is InChI=1S/C13H14F6N2O3S/c1-2-21(6-11(20)22)25(23,24)7-8-3-4-9(12(14,15)16)5-10(8)13(17,18)19/h3-5H,2,6-7H2,1H3,(H2,20,22). The summed E-state index contributed by atoms with van der Waals surface area (Å²) >= 11 is 0. The fourth-order valence-corrected chi connectivity index (χ4v) is 3.56. The van der Waals surface area contributed by atoms with Gasteiger partial charge >= 0.3 is 12.4 Å². The molecule has 1 aromatic carbocycles. The van der Waals surface area contributed by atoms with Crippen LogP contribution in [0.15, 0.2) is 18.2 Å². The molecule has 0 aliphatic heterocycles. The number of hydrogen-bond acceptors (Lipinski definition) is 3. The highest BCUT2D eigenvalue weighted by Crippen LogP contribution is 2.38. The van der Waals surface area contributed by atoms with Gasteiger partial charge < -0.3 is 5.73 Å². The van der Waals surface area contributed by atoms with Crippen molar-refractivity contribution in [2.24, 2.45) is 5.73 Å². The molecule has 0 aromatic heterocycles. The van der Waals surface area contributed by atoms with Gasteiger partial charge in [-0.25, -0.2) is 8.42 Å². The van der Waals surface area contributed by atoms with Gasteiger partial charge in [0.05, 0.1) is 23.4 Å². The van der Waals surface area contributed by atoms with E-state index in [-0.39, 0.29) is 12.6 Å². The quantitative estimate of drug-likeness (QED) is 0.755. The van der Waals surface area contributed by atoms with Crippen molar-refractivity contribution in [3.05, 3.63) is 34.9 Å². The van der Waals surface area contributed by atoms with Gasteiger partial charge in [0.2, 0.25) is 15.9 Å². The molecule has 0 radical (unpaired) electrons. The van der Waals surface area contributed by atoms with Crippen LogP contribution in [0.25, 0.3) is 0 Å². The van der Waals surface area contributed by atoms with Crippen molar-refractivity contribution in [3.63, 3.8) is 0 Å². The summed E-state index contributed by atoms with van der Waals surface area (Å²) in [4.78, 5) is 10.9. The van der Waals surface area contributed by atoms with Gasteiger partial charge in [0, 0.05) is 6.54 Å². The number of sulfonamides is 1. The summed E-state index contributed by atoms with van der Waals surface area (Å²) in [6.45, 7) is 0.339. The molecule has 12 heteroatoms. The molecule has 1 rings (SSSR count). The SMILES string of the molecule is CCN(CC(N)=O)S(=O)(=O)Cc1ccc(C(F)(F)F)cc1C(F)(F)F. The van der Waals surface area contributed by atoms with Crippen LogP contribution < -0.4 is 5.73 Å². The zero-order valence-electron chi connectivity index (χ0n) is 12.8. The number of nitrogens with two attached hydrogens (primary N) is 1. The number of halogens is 6. The maximum Gasteiger partial charge on any atom is 0.416 e. The summed E-state index contributed by atoms with van der Waals surface area (Å²) < 4.78 is 102. The Balaban J connectivity index is 3.35. The van der Waals surface area contributed by atoms with E-state index >= 15 is 0 Å². The Bertz CT molecular complexity index is 743. The number of likely N-dealkylation sites (N-methyl/N-ethyl adjacent to an activating group) is 1. The van der Waals surface area contributed by atoms with E-state index in [9.17, 15) is 39.6 Å². The summed E-state index contributed by atoms with van der Waals surface area (Å²) in [6, 6.07) is 0.682. The molecule has 1 amide bonds. The summed E-state index contributed by atoms with van der Waals surface area (Å²) in [5.74, 6) is -2.24.